The Morgan fingerprint density at radius 3 is 2.52 bits per heavy atom. The van der Waals surface area contributed by atoms with E-state index >= 15 is 0 Å². The zero-order chi connectivity index (χ0) is 24.6. The topological polar surface area (TPSA) is 118 Å². The van der Waals surface area contributed by atoms with Gasteiger partial charge in [-0.05, 0) is 61.7 Å². The molecule has 0 unspecified atom stereocenters. The summed E-state index contributed by atoms with van der Waals surface area (Å²) < 4.78 is 65.8. The van der Waals surface area contributed by atoms with Crippen molar-refractivity contribution in [2.45, 2.75) is 43.9 Å². The molecule has 0 bridgehead atoms. The molecule has 2 aromatic rings. The van der Waals surface area contributed by atoms with E-state index in [1.807, 2.05) is 0 Å². The number of aliphatic imine (C=N–C) groups is 1. The van der Waals surface area contributed by atoms with Gasteiger partial charge < -0.3 is 10.8 Å². The number of alkyl halides is 3. The van der Waals surface area contributed by atoms with E-state index in [-0.39, 0.29) is 29.5 Å². The fourth-order valence-electron chi connectivity index (χ4n) is 3.27. The van der Waals surface area contributed by atoms with Gasteiger partial charge in [-0.1, -0.05) is 6.07 Å². The van der Waals surface area contributed by atoms with Gasteiger partial charge in [-0.15, -0.1) is 0 Å². The zero-order valence-electron chi connectivity index (χ0n) is 18.4. The van der Waals surface area contributed by atoms with Crippen molar-refractivity contribution in [1.29, 1.82) is 0 Å². The summed E-state index contributed by atoms with van der Waals surface area (Å²) in [6, 6.07) is 6.24. The van der Waals surface area contributed by atoms with Crippen molar-refractivity contribution in [3.8, 4) is 11.1 Å². The largest absolute Gasteiger partial charge is 0.394 e. The molecule has 0 spiro atoms. The first-order chi connectivity index (χ1) is 15.1. The van der Waals surface area contributed by atoms with Crippen LogP contribution in [0.5, 0.6) is 0 Å². The van der Waals surface area contributed by atoms with Gasteiger partial charge in [0.15, 0.2) is 0 Å². The molecule has 4 N–H and O–H groups in total. The smallest absolute Gasteiger partial charge is 0.389 e. The van der Waals surface area contributed by atoms with Crippen molar-refractivity contribution in [2.75, 3.05) is 18.8 Å². The van der Waals surface area contributed by atoms with Gasteiger partial charge >= 0.3 is 6.18 Å². The third-order valence-corrected chi connectivity index (χ3v) is 6.36. The van der Waals surface area contributed by atoms with E-state index < -0.39 is 28.2 Å². The van der Waals surface area contributed by atoms with Crippen molar-refractivity contribution in [3.63, 3.8) is 0 Å². The predicted octanol–water partition coefficient (Wildman–Crippen LogP) is 3.48. The minimum Gasteiger partial charge on any atom is -0.389 e. The van der Waals surface area contributed by atoms with Crippen LogP contribution >= 0.6 is 0 Å². The fraction of sp³-hybridized carbons (Fsp3) is 0.364. The molecule has 178 valence electrons. The van der Waals surface area contributed by atoms with Crippen LogP contribution in [0.3, 0.4) is 0 Å². The molecule has 0 saturated carbocycles. The number of nitrogens with zero attached hydrogens (tertiary/aromatic N) is 2. The number of aromatic nitrogens is 1. The SMILES string of the molecule is Cc1ccc(S(=O)(=O)NCC(C)(C)O)cc1-c1cnc(N)c(C2=CC(CC(F)(F)F)=NC2)c1. The summed E-state index contributed by atoms with van der Waals surface area (Å²) in [5.74, 6) is 0.140. The Kier molecular flexibility index (Phi) is 6.69. The molecule has 0 radical (unpaired) electrons. The first kappa shape index (κ1) is 24.9. The Hall–Kier alpha value is -2.76. The second-order valence-corrected chi connectivity index (χ2v) is 10.3. The van der Waals surface area contributed by atoms with Crippen LogP contribution in [0.15, 0.2) is 46.4 Å². The molecule has 7 nitrogen and oxygen atoms in total. The first-order valence-electron chi connectivity index (χ1n) is 10.0. The monoisotopic (exact) mass is 482 g/mol. The number of aryl methyl sites for hydroxylation is 1. The number of rotatable bonds is 7. The number of hydrogen-bond acceptors (Lipinski definition) is 6. The van der Waals surface area contributed by atoms with Crippen LogP contribution in [-0.4, -0.2) is 49.1 Å². The van der Waals surface area contributed by atoms with Gasteiger partial charge in [-0.2, -0.15) is 13.2 Å². The number of nitrogens with one attached hydrogen (secondary N) is 1. The number of aliphatic hydroxyl groups is 1. The normalized spacial score (nSPS) is 14.9. The van der Waals surface area contributed by atoms with E-state index in [0.29, 0.717) is 22.3 Å². The number of allylic oxidation sites excluding steroid dienone is 1. The van der Waals surface area contributed by atoms with Gasteiger partial charge in [0.05, 0.1) is 23.5 Å². The zero-order valence-corrected chi connectivity index (χ0v) is 19.2. The van der Waals surface area contributed by atoms with Gasteiger partial charge in [0.1, 0.15) is 5.82 Å². The molecule has 0 saturated heterocycles. The van der Waals surface area contributed by atoms with Crippen molar-refractivity contribution in [1.82, 2.24) is 9.71 Å². The highest BCUT2D eigenvalue weighted by Gasteiger charge is 2.30. The maximum atomic E-state index is 12.7. The Morgan fingerprint density at radius 1 is 1.18 bits per heavy atom. The maximum absolute atomic E-state index is 12.7. The molecule has 0 fully saturated rings. The average molecular weight is 483 g/mol. The molecule has 11 heteroatoms. The highest BCUT2D eigenvalue weighted by Crippen LogP contribution is 2.32. The van der Waals surface area contributed by atoms with Crippen molar-refractivity contribution in [2.24, 2.45) is 4.99 Å². The van der Waals surface area contributed by atoms with Gasteiger partial charge in [0, 0.05) is 29.6 Å². The standard InChI is InChI=1S/C22H25F3N4O3S/c1-13-4-5-17(33(31,32)29-12-21(2,3)30)8-18(13)15-7-19(20(26)28-11-15)14-6-16(27-10-14)9-22(23,24)25/h4-8,11,29-30H,9-10,12H2,1-3H3,(H2,26,28). The van der Waals surface area contributed by atoms with E-state index in [0.717, 1.165) is 5.56 Å². The number of anilines is 1. The van der Waals surface area contributed by atoms with Crippen LogP contribution in [0.2, 0.25) is 0 Å². The minimum absolute atomic E-state index is 0.00148. The van der Waals surface area contributed by atoms with Crippen LogP contribution in [0.25, 0.3) is 16.7 Å². The number of hydrogen-bond donors (Lipinski definition) is 3. The Labute approximate surface area is 190 Å². The first-order valence-corrected chi connectivity index (χ1v) is 11.5. The maximum Gasteiger partial charge on any atom is 0.394 e. The highest BCUT2D eigenvalue weighted by atomic mass is 32.2. The summed E-state index contributed by atoms with van der Waals surface area (Å²) in [4.78, 5) is 8.11. The lowest BCUT2D eigenvalue weighted by Gasteiger charge is -2.18. The summed E-state index contributed by atoms with van der Waals surface area (Å²) in [6.45, 7) is 4.65. The third kappa shape index (κ3) is 6.40. The molecule has 0 atom stereocenters. The van der Waals surface area contributed by atoms with Crippen LogP contribution in [0.4, 0.5) is 19.0 Å². The molecule has 33 heavy (non-hydrogen) atoms. The van der Waals surface area contributed by atoms with Crippen LogP contribution in [-0.2, 0) is 10.0 Å². The molecular formula is C22H25F3N4O3S. The Morgan fingerprint density at radius 2 is 1.88 bits per heavy atom. The van der Waals surface area contributed by atoms with Crippen LogP contribution in [0.1, 0.15) is 31.4 Å². The summed E-state index contributed by atoms with van der Waals surface area (Å²) in [5.41, 5.74) is 7.53. The molecule has 1 aliphatic heterocycles. The van der Waals surface area contributed by atoms with Crippen molar-refractivity contribution < 1.29 is 26.7 Å². The fourth-order valence-corrected chi connectivity index (χ4v) is 4.50. The van der Waals surface area contributed by atoms with E-state index in [9.17, 15) is 26.7 Å². The Bertz CT molecular complexity index is 1230. The van der Waals surface area contributed by atoms with Gasteiger partial charge in [0.25, 0.3) is 0 Å². The number of benzene rings is 1. The lowest BCUT2D eigenvalue weighted by atomic mass is 9.98. The molecule has 3 rings (SSSR count). The lowest BCUT2D eigenvalue weighted by Crippen LogP contribution is -2.38. The van der Waals surface area contributed by atoms with Gasteiger partial charge in [0.2, 0.25) is 10.0 Å². The van der Waals surface area contributed by atoms with Crippen LogP contribution in [0, 0.1) is 6.92 Å². The molecule has 2 heterocycles. The van der Waals surface area contributed by atoms with E-state index in [1.165, 1.54) is 38.3 Å². The molecule has 1 aromatic carbocycles. The molecule has 0 amide bonds. The van der Waals surface area contributed by atoms with Gasteiger partial charge in [-0.3, -0.25) is 4.99 Å². The van der Waals surface area contributed by atoms with E-state index in [1.54, 1.807) is 19.1 Å². The second kappa shape index (κ2) is 8.88. The molecule has 1 aromatic heterocycles. The molecule has 1 aliphatic rings. The summed E-state index contributed by atoms with van der Waals surface area (Å²) >= 11 is 0. The Balaban J connectivity index is 1.95. The quantitative estimate of drug-likeness (QED) is 0.559. The number of sulfonamides is 1. The van der Waals surface area contributed by atoms with Gasteiger partial charge in [-0.25, -0.2) is 18.1 Å². The number of halogens is 3. The lowest BCUT2D eigenvalue weighted by molar-refractivity contribution is -0.121. The second-order valence-electron chi connectivity index (χ2n) is 8.54. The summed E-state index contributed by atoms with van der Waals surface area (Å²) in [7, 11) is -3.89. The molecule has 0 aliphatic carbocycles. The minimum atomic E-state index is -4.36. The molecular weight excluding hydrogens is 457 g/mol. The summed E-state index contributed by atoms with van der Waals surface area (Å²) in [5, 5.41) is 9.82. The number of nitrogen functional groups attached to an aromatic ring is 1. The van der Waals surface area contributed by atoms with Crippen molar-refractivity contribution in [3.05, 3.63) is 47.7 Å². The third-order valence-electron chi connectivity index (χ3n) is 4.96. The van der Waals surface area contributed by atoms with E-state index in [2.05, 4.69) is 14.7 Å². The van der Waals surface area contributed by atoms with Crippen LogP contribution < -0.4 is 10.5 Å². The number of nitrogens with two attached hydrogens (primary N) is 1. The van der Waals surface area contributed by atoms with Crippen molar-refractivity contribution >= 4 is 27.1 Å². The average Bonchev–Trinajstić information content (AvgIpc) is 3.13. The van der Waals surface area contributed by atoms with E-state index in [4.69, 9.17) is 5.73 Å². The highest BCUT2D eigenvalue weighted by molar-refractivity contribution is 7.89. The number of pyridine rings is 1. The summed E-state index contributed by atoms with van der Waals surface area (Å²) in [6.07, 6.45) is -2.65. The predicted molar refractivity (Wildman–Crippen MR) is 121 cm³/mol.